The number of nitrogens with zero attached hydrogens (tertiary/aromatic N) is 3. The highest BCUT2D eigenvalue weighted by molar-refractivity contribution is 6.39. The predicted octanol–water partition coefficient (Wildman–Crippen LogP) is 1.15. The number of fused-ring (bicyclic) bond motifs is 1. The van der Waals surface area contributed by atoms with Gasteiger partial charge in [-0.1, -0.05) is 12.1 Å². The number of H-pyrrole nitrogens is 1. The number of halogens is 1. The van der Waals surface area contributed by atoms with Crippen molar-refractivity contribution in [2.75, 3.05) is 5.32 Å². The van der Waals surface area contributed by atoms with Gasteiger partial charge >= 0.3 is 11.8 Å². The van der Waals surface area contributed by atoms with Gasteiger partial charge in [-0.15, -0.1) is 0 Å². The SMILES string of the molecule is Cc1cc(NC(=O)C(=O)NCc2ccc(F)cc2)n(-c2nc3c(c(=O)[nH]2)CCC3)n1. The van der Waals surface area contributed by atoms with Crippen LogP contribution >= 0.6 is 0 Å². The fraction of sp³-hybridized carbons (Fsp3) is 0.250. The number of aromatic amines is 1. The van der Waals surface area contributed by atoms with E-state index in [0.717, 1.165) is 12.1 Å². The first kappa shape index (κ1) is 19.5. The standard InChI is InChI=1S/C20H19FN6O3/c1-11-9-16(24-19(30)18(29)22-10-12-5-7-13(21)8-6-12)27(26-11)20-23-15-4-2-3-14(15)17(28)25-20/h5-9H,2-4,10H2,1H3,(H,22,29)(H,24,30)(H,23,25,28). The Morgan fingerprint density at radius 1 is 1.20 bits per heavy atom. The minimum atomic E-state index is -0.901. The molecular formula is C20H19FN6O3. The Kier molecular flexibility index (Phi) is 5.13. The molecule has 0 fully saturated rings. The second-order valence-electron chi connectivity index (χ2n) is 7.01. The third-order valence-electron chi connectivity index (χ3n) is 4.78. The molecule has 9 nitrogen and oxygen atoms in total. The van der Waals surface area contributed by atoms with Gasteiger partial charge in [-0.25, -0.2) is 9.37 Å². The van der Waals surface area contributed by atoms with Crippen molar-refractivity contribution in [1.29, 1.82) is 0 Å². The highest BCUT2D eigenvalue weighted by atomic mass is 19.1. The lowest BCUT2D eigenvalue weighted by molar-refractivity contribution is -0.136. The van der Waals surface area contributed by atoms with E-state index in [1.54, 1.807) is 13.0 Å². The van der Waals surface area contributed by atoms with E-state index in [4.69, 9.17) is 0 Å². The number of aryl methyl sites for hydroxylation is 2. The Labute approximate surface area is 170 Å². The van der Waals surface area contributed by atoms with Crippen LogP contribution in [0.4, 0.5) is 10.2 Å². The first-order valence-electron chi connectivity index (χ1n) is 9.43. The second-order valence-corrected chi connectivity index (χ2v) is 7.01. The summed E-state index contributed by atoms with van der Waals surface area (Å²) in [7, 11) is 0. The van der Waals surface area contributed by atoms with Gasteiger partial charge in [-0.2, -0.15) is 9.78 Å². The van der Waals surface area contributed by atoms with E-state index < -0.39 is 11.8 Å². The molecule has 0 unspecified atom stereocenters. The smallest absolute Gasteiger partial charge is 0.314 e. The maximum absolute atomic E-state index is 12.9. The number of aromatic nitrogens is 4. The second kappa shape index (κ2) is 7.90. The largest absolute Gasteiger partial charge is 0.344 e. The molecule has 3 aromatic rings. The van der Waals surface area contributed by atoms with Crippen LogP contribution in [0.5, 0.6) is 0 Å². The molecule has 1 aliphatic carbocycles. The number of hydrogen-bond donors (Lipinski definition) is 3. The third kappa shape index (κ3) is 3.97. The average molecular weight is 410 g/mol. The molecule has 4 rings (SSSR count). The summed E-state index contributed by atoms with van der Waals surface area (Å²) in [6.07, 6.45) is 2.26. The van der Waals surface area contributed by atoms with Gasteiger partial charge in [0.05, 0.1) is 11.4 Å². The van der Waals surface area contributed by atoms with Crippen LogP contribution in [0.1, 0.15) is 28.9 Å². The maximum Gasteiger partial charge on any atom is 0.314 e. The molecule has 1 aromatic carbocycles. The summed E-state index contributed by atoms with van der Waals surface area (Å²) in [6, 6.07) is 7.14. The first-order valence-corrected chi connectivity index (χ1v) is 9.43. The predicted molar refractivity (Wildman–Crippen MR) is 106 cm³/mol. The summed E-state index contributed by atoms with van der Waals surface area (Å²) in [5.74, 6) is -1.77. The zero-order chi connectivity index (χ0) is 21.3. The molecule has 0 saturated carbocycles. The van der Waals surface area contributed by atoms with Crippen molar-refractivity contribution in [2.24, 2.45) is 0 Å². The number of carbonyl (C=O) groups is 2. The van der Waals surface area contributed by atoms with Gasteiger partial charge in [-0.3, -0.25) is 19.4 Å². The third-order valence-corrected chi connectivity index (χ3v) is 4.78. The summed E-state index contributed by atoms with van der Waals surface area (Å²) in [5, 5.41) is 9.22. The molecule has 0 spiro atoms. The van der Waals surface area contributed by atoms with Gasteiger partial charge in [0, 0.05) is 18.2 Å². The molecule has 3 N–H and O–H groups in total. The Morgan fingerprint density at radius 2 is 1.97 bits per heavy atom. The van der Waals surface area contributed by atoms with Crippen molar-refractivity contribution in [3.05, 3.63) is 69.0 Å². The topological polar surface area (TPSA) is 122 Å². The summed E-state index contributed by atoms with van der Waals surface area (Å²) in [5.41, 5.74) is 2.39. The van der Waals surface area contributed by atoms with E-state index in [9.17, 15) is 18.8 Å². The Hall–Kier alpha value is -3.82. The maximum atomic E-state index is 12.9. The molecule has 30 heavy (non-hydrogen) atoms. The fourth-order valence-corrected chi connectivity index (χ4v) is 3.32. The lowest BCUT2D eigenvalue weighted by Crippen LogP contribution is -2.35. The van der Waals surface area contributed by atoms with E-state index in [-0.39, 0.29) is 29.7 Å². The summed E-state index contributed by atoms with van der Waals surface area (Å²) in [4.78, 5) is 43.9. The summed E-state index contributed by atoms with van der Waals surface area (Å²) in [6.45, 7) is 1.79. The zero-order valence-corrected chi connectivity index (χ0v) is 16.2. The lowest BCUT2D eigenvalue weighted by Gasteiger charge is -2.09. The number of carbonyl (C=O) groups excluding carboxylic acids is 2. The van der Waals surface area contributed by atoms with E-state index in [0.29, 0.717) is 29.7 Å². The molecule has 0 radical (unpaired) electrons. The number of anilines is 1. The summed E-state index contributed by atoms with van der Waals surface area (Å²) < 4.78 is 14.2. The monoisotopic (exact) mass is 410 g/mol. The van der Waals surface area contributed by atoms with Crippen molar-refractivity contribution in [3.8, 4) is 5.95 Å². The van der Waals surface area contributed by atoms with Crippen LogP contribution in [0.2, 0.25) is 0 Å². The lowest BCUT2D eigenvalue weighted by atomic mass is 10.2. The molecule has 2 heterocycles. The van der Waals surface area contributed by atoms with E-state index >= 15 is 0 Å². The zero-order valence-electron chi connectivity index (χ0n) is 16.2. The number of benzene rings is 1. The van der Waals surface area contributed by atoms with Crippen LogP contribution in [0.15, 0.2) is 35.1 Å². The molecule has 10 heteroatoms. The number of rotatable bonds is 4. The molecule has 0 bridgehead atoms. The Bertz CT molecular complexity index is 1180. The van der Waals surface area contributed by atoms with Crippen molar-refractivity contribution in [3.63, 3.8) is 0 Å². The quantitative estimate of drug-likeness (QED) is 0.557. The Morgan fingerprint density at radius 3 is 2.73 bits per heavy atom. The van der Waals surface area contributed by atoms with Crippen LogP contribution in [-0.2, 0) is 29.0 Å². The first-order chi connectivity index (χ1) is 14.4. The molecular weight excluding hydrogens is 391 g/mol. The summed E-state index contributed by atoms with van der Waals surface area (Å²) >= 11 is 0. The highest BCUT2D eigenvalue weighted by Crippen LogP contribution is 2.19. The average Bonchev–Trinajstić information content (AvgIpc) is 3.33. The van der Waals surface area contributed by atoms with Crippen LogP contribution in [0, 0.1) is 12.7 Å². The Balaban J connectivity index is 1.49. The molecule has 0 aliphatic heterocycles. The molecule has 2 amide bonds. The van der Waals surface area contributed by atoms with Crippen molar-refractivity contribution in [2.45, 2.75) is 32.7 Å². The number of amides is 2. The van der Waals surface area contributed by atoms with Crippen molar-refractivity contribution in [1.82, 2.24) is 25.1 Å². The van der Waals surface area contributed by atoms with Gasteiger partial charge in [0.15, 0.2) is 0 Å². The van der Waals surface area contributed by atoms with Gasteiger partial charge in [0.2, 0.25) is 5.95 Å². The molecule has 0 atom stereocenters. The fourth-order valence-electron chi connectivity index (χ4n) is 3.32. The van der Waals surface area contributed by atoms with Gasteiger partial charge in [0.1, 0.15) is 11.6 Å². The van der Waals surface area contributed by atoms with Crippen molar-refractivity contribution >= 4 is 17.6 Å². The van der Waals surface area contributed by atoms with Crippen LogP contribution < -0.4 is 16.2 Å². The van der Waals surface area contributed by atoms with Crippen LogP contribution in [-0.4, -0.2) is 31.6 Å². The van der Waals surface area contributed by atoms with E-state index in [1.807, 2.05) is 0 Å². The van der Waals surface area contributed by atoms with Gasteiger partial charge in [0.25, 0.3) is 5.56 Å². The normalized spacial score (nSPS) is 12.5. The number of nitrogens with one attached hydrogen (secondary N) is 3. The minimum Gasteiger partial charge on any atom is -0.344 e. The van der Waals surface area contributed by atoms with Gasteiger partial charge in [-0.05, 0) is 43.9 Å². The highest BCUT2D eigenvalue weighted by Gasteiger charge is 2.21. The molecule has 154 valence electrons. The van der Waals surface area contributed by atoms with Crippen LogP contribution in [0.3, 0.4) is 0 Å². The minimum absolute atomic E-state index is 0.0739. The number of hydrogen-bond acceptors (Lipinski definition) is 5. The molecule has 2 aromatic heterocycles. The van der Waals surface area contributed by atoms with Gasteiger partial charge < -0.3 is 10.6 Å². The molecule has 1 aliphatic rings. The van der Waals surface area contributed by atoms with Crippen LogP contribution in [0.25, 0.3) is 5.95 Å². The van der Waals surface area contributed by atoms with Crippen molar-refractivity contribution < 1.29 is 14.0 Å². The molecule has 0 saturated heterocycles. The van der Waals surface area contributed by atoms with E-state index in [1.165, 1.54) is 28.9 Å². The van der Waals surface area contributed by atoms with E-state index in [2.05, 4.69) is 25.7 Å².